The molecule has 0 saturated heterocycles. The van der Waals surface area contributed by atoms with Crippen LogP contribution >= 0.6 is 11.8 Å². The van der Waals surface area contributed by atoms with Gasteiger partial charge in [0.25, 0.3) is 5.91 Å². The number of hydrogen-bond donors (Lipinski definition) is 1. The number of anilines is 2. The number of benzene rings is 1. The third-order valence-corrected chi connectivity index (χ3v) is 5.53. The zero-order valence-corrected chi connectivity index (χ0v) is 18.7. The predicted octanol–water partition coefficient (Wildman–Crippen LogP) is 1.73. The number of hydrogen-bond acceptors (Lipinski definition) is 9. The van der Waals surface area contributed by atoms with Crippen LogP contribution in [0, 0.1) is 0 Å². The Labute approximate surface area is 188 Å². The lowest BCUT2D eigenvalue weighted by molar-refractivity contribution is 0.0989. The maximum Gasteiger partial charge on any atom is 0.407 e. The van der Waals surface area contributed by atoms with Crippen LogP contribution in [0.15, 0.2) is 41.8 Å². The average Bonchev–Trinajstić information content (AvgIpc) is 3.26. The molecule has 0 bridgehead atoms. The second-order valence-electron chi connectivity index (χ2n) is 6.99. The van der Waals surface area contributed by atoms with Crippen molar-refractivity contribution in [2.45, 2.75) is 11.7 Å². The minimum atomic E-state index is -0.542. The summed E-state index contributed by atoms with van der Waals surface area (Å²) in [5.74, 6) is 0.475. The lowest BCUT2D eigenvalue weighted by Crippen LogP contribution is -2.33. The lowest BCUT2D eigenvalue weighted by atomic mass is 10.2. The van der Waals surface area contributed by atoms with Crippen LogP contribution in [0.5, 0.6) is 0 Å². The summed E-state index contributed by atoms with van der Waals surface area (Å²) >= 11 is 1.44. The number of carbonyl (C=O) groups excluding carboxylic acids is 2. The van der Waals surface area contributed by atoms with E-state index >= 15 is 0 Å². The van der Waals surface area contributed by atoms with Gasteiger partial charge >= 0.3 is 6.09 Å². The highest BCUT2D eigenvalue weighted by atomic mass is 32.2. The maximum absolute atomic E-state index is 13.3. The Hall–Kier alpha value is -3.67. The summed E-state index contributed by atoms with van der Waals surface area (Å²) in [5.41, 5.74) is 2.50. The first kappa shape index (κ1) is 21.6. The number of aromatic nitrogens is 5. The standard InChI is InChI=1S/C20H22N8O3S/c1-26-7-8-27(18(29)16-11-21-19(32-3)23-17(16)26)14-5-4-6-15(9-14)28-12-13(24-25-28)10-22-20(30)31-2/h4-6,9,11-12H,7-8,10H2,1-3H3,(H,22,30). The van der Waals surface area contributed by atoms with Crippen LogP contribution in [0.25, 0.3) is 5.69 Å². The summed E-state index contributed by atoms with van der Waals surface area (Å²) in [5, 5.41) is 11.4. The molecule has 12 heteroatoms. The number of amides is 2. The van der Waals surface area contributed by atoms with Gasteiger partial charge in [0.2, 0.25) is 0 Å². The Bertz CT molecular complexity index is 1150. The monoisotopic (exact) mass is 454 g/mol. The Morgan fingerprint density at radius 3 is 2.88 bits per heavy atom. The van der Waals surface area contributed by atoms with Crippen LogP contribution in [0.2, 0.25) is 0 Å². The summed E-state index contributed by atoms with van der Waals surface area (Å²) in [7, 11) is 3.22. The van der Waals surface area contributed by atoms with Crippen LogP contribution in [-0.4, -0.2) is 70.5 Å². The van der Waals surface area contributed by atoms with Crippen molar-refractivity contribution in [1.29, 1.82) is 0 Å². The van der Waals surface area contributed by atoms with Gasteiger partial charge in [-0.1, -0.05) is 23.0 Å². The molecule has 2 aromatic heterocycles. The summed E-state index contributed by atoms with van der Waals surface area (Å²) < 4.78 is 6.15. The number of rotatable bonds is 5. The molecule has 3 aromatic rings. The number of carbonyl (C=O) groups is 2. The number of thioether (sulfide) groups is 1. The van der Waals surface area contributed by atoms with Crippen LogP contribution in [0.1, 0.15) is 16.1 Å². The normalized spacial score (nSPS) is 13.5. The largest absolute Gasteiger partial charge is 0.453 e. The van der Waals surface area contributed by atoms with E-state index in [4.69, 9.17) is 0 Å². The van der Waals surface area contributed by atoms with E-state index in [1.165, 1.54) is 18.9 Å². The van der Waals surface area contributed by atoms with E-state index in [9.17, 15) is 9.59 Å². The molecular weight excluding hydrogens is 432 g/mol. The molecule has 11 nitrogen and oxygen atoms in total. The van der Waals surface area contributed by atoms with Crippen molar-refractivity contribution in [3.05, 3.63) is 47.9 Å². The molecule has 166 valence electrons. The Morgan fingerprint density at radius 1 is 1.28 bits per heavy atom. The fourth-order valence-electron chi connectivity index (χ4n) is 3.29. The Kier molecular flexibility index (Phi) is 6.21. The second kappa shape index (κ2) is 9.22. The number of ether oxygens (including phenoxy) is 1. The first-order chi connectivity index (χ1) is 15.5. The van der Waals surface area contributed by atoms with Gasteiger partial charge in [0.1, 0.15) is 17.1 Å². The van der Waals surface area contributed by atoms with Gasteiger partial charge in [0.05, 0.1) is 25.5 Å². The molecule has 0 radical (unpaired) electrons. The molecule has 0 atom stereocenters. The van der Waals surface area contributed by atoms with E-state index in [2.05, 4.69) is 30.3 Å². The SMILES string of the molecule is COC(=O)NCc1cn(-c2cccc(N3CCN(C)c4nc(SC)ncc4C3=O)c2)nn1. The summed E-state index contributed by atoms with van der Waals surface area (Å²) in [4.78, 5) is 37.1. The number of fused-ring (bicyclic) bond motifs is 1. The number of nitrogens with zero attached hydrogens (tertiary/aromatic N) is 7. The molecule has 0 saturated carbocycles. The van der Waals surface area contributed by atoms with Gasteiger partial charge in [-0.15, -0.1) is 5.10 Å². The molecule has 0 unspecified atom stereocenters. The summed E-state index contributed by atoms with van der Waals surface area (Å²) in [6.07, 6.45) is 4.66. The molecule has 0 spiro atoms. The van der Waals surface area contributed by atoms with E-state index in [0.29, 0.717) is 35.3 Å². The fraction of sp³-hybridized carbons (Fsp3) is 0.300. The first-order valence-corrected chi connectivity index (χ1v) is 11.0. The van der Waals surface area contributed by atoms with Crippen LogP contribution < -0.4 is 15.1 Å². The third-order valence-electron chi connectivity index (χ3n) is 4.97. The molecule has 0 fully saturated rings. The molecule has 1 aliphatic rings. The lowest BCUT2D eigenvalue weighted by Gasteiger charge is -2.21. The smallest absolute Gasteiger partial charge is 0.407 e. The number of methoxy groups -OCH3 is 1. The van der Waals surface area contributed by atoms with Gasteiger partial charge in [-0.3, -0.25) is 4.79 Å². The molecule has 1 aliphatic heterocycles. The topological polar surface area (TPSA) is 118 Å². The van der Waals surface area contributed by atoms with Crippen LogP contribution in [0.4, 0.5) is 16.3 Å². The van der Waals surface area contributed by atoms with E-state index in [1.807, 2.05) is 42.5 Å². The molecule has 32 heavy (non-hydrogen) atoms. The molecule has 1 N–H and O–H groups in total. The quantitative estimate of drug-likeness (QED) is 0.454. The van der Waals surface area contributed by atoms with E-state index in [1.54, 1.807) is 22.0 Å². The second-order valence-corrected chi connectivity index (χ2v) is 7.77. The van der Waals surface area contributed by atoms with Gasteiger partial charge in [0, 0.05) is 32.0 Å². The molecule has 1 aromatic carbocycles. The number of nitrogens with one attached hydrogen (secondary N) is 1. The molecule has 0 aliphatic carbocycles. The van der Waals surface area contributed by atoms with Gasteiger partial charge in [-0.05, 0) is 24.5 Å². The number of alkyl carbamates (subject to hydrolysis) is 1. The molecule has 4 rings (SSSR count). The van der Waals surface area contributed by atoms with E-state index in [-0.39, 0.29) is 12.5 Å². The molecule has 3 heterocycles. The van der Waals surface area contributed by atoms with Gasteiger partial charge in [0.15, 0.2) is 5.16 Å². The molecular formula is C20H22N8O3S. The Morgan fingerprint density at radius 2 is 2.09 bits per heavy atom. The Balaban J connectivity index is 1.60. The van der Waals surface area contributed by atoms with Crippen molar-refractivity contribution >= 4 is 35.3 Å². The molecule has 2 amide bonds. The van der Waals surface area contributed by atoms with Gasteiger partial charge in [-0.25, -0.2) is 19.4 Å². The predicted molar refractivity (Wildman–Crippen MR) is 119 cm³/mol. The minimum absolute atomic E-state index is 0.157. The van der Waals surface area contributed by atoms with Crippen LogP contribution in [0.3, 0.4) is 0 Å². The van der Waals surface area contributed by atoms with Crippen molar-refractivity contribution < 1.29 is 14.3 Å². The van der Waals surface area contributed by atoms with E-state index < -0.39 is 6.09 Å². The van der Waals surface area contributed by atoms with Crippen LogP contribution in [-0.2, 0) is 11.3 Å². The zero-order valence-electron chi connectivity index (χ0n) is 17.8. The van der Waals surface area contributed by atoms with Crippen molar-refractivity contribution in [3.63, 3.8) is 0 Å². The minimum Gasteiger partial charge on any atom is -0.453 e. The highest BCUT2D eigenvalue weighted by Crippen LogP contribution is 2.27. The highest BCUT2D eigenvalue weighted by Gasteiger charge is 2.28. The third kappa shape index (κ3) is 4.35. The van der Waals surface area contributed by atoms with Crippen molar-refractivity contribution in [1.82, 2.24) is 30.3 Å². The number of likely N-dealkylation sites (N-methyl/N-ethyl adjacent to an activating group) is 1. The maximum atomic E-state index is 13.3. The highest BCUT2D eigenvalue weighted by molar-refractivity contribution is 7.98. The zero-order chi connectivity index (χ0) is 22.7. The summed E-state index contributed by atoms with van der Waals surface area (Å²) in [6.45, 7) is 1.31. The summed E-state index contributed by atoms with van der Waals surface area (Å²) in [6, 6.07) is 7.47. The van der Waals surface area contributed by atoms with Crippen molar-refractivity contribution in [3.8, 4) is 5.69 Å². The van der Waals surface area contributed by atoms with Crippen molar-refractivity contribution in [2.24, 2.45) is 0 Å². The first-order valence-electron chi connectivity index (χ1n) is 9.77. The average molecular weight is 455 g/mol. The van der Waals surface area contributed by atoms with Crippen molar-refractivity contribution in [2.75, 3.05) is 43.3 Å². The fourth-order valence-corrected chi connectivity index (χ4v) is 3.63. The van der Waals surface area contributed by atoms with Gasteiger partial charge < -0.3 is 19.9 Å². The van der Waals surface area contributed by atoms with Gasteiger partial charge in [-0.2, -0.15) is 0 Å². The van der Waals surface area contributed by atoms with E-state index in [0.717, 1.165) is 11.4 Å².